The molecule has 68 valence electrons. The number of benzene rings is 2. The summed E-state index contributed by atoms with van der Waals surface area (Å²) in [6.07, 6.45) is 0. The summed E-state index contributed by atoms with van der Waals surface area (Å²) in [4.78, 5) is 0. The van der Waals surface area contributed by atoms with Crippen molar-refractivity contribution in [3.8, 4) is 0 Å². The molecule has 0 radical (unpaired) electrons. The summed E-state index contributed by atoms with van der Waals surface area (Å²) in [5.74, 6) is -0.222. The van der Waals surface area contributed by atoms with Crippen LogP contribution in [0.1, 0.15) is 0 Å². The summed E-state index contributed by atoms with van der Waals surface area (Å²) in [6, 6.07) is 10.1. The molecule has 0 unspecified atom stereocenters. The van der Waals surface area contributed by atoms with Gasteiger partial charge in [-0.2, -0.15) is 0 Å². The standard InChI is InChI=1S/C10H8FN.ClH/c11-9-5-6-10(12)8-4-2-1-3-7(8)9;/h1-6H,12H2;1H. The van der Waals surface area contributed by atoms with Crippen LogP contribution in [0.2, 0.25) is 0 Å². The Kier molecular flexibility index (Phi) is 2.73. The lowest BCUT2D eigenvalue weighted by molar-refractivity contribution is 0.640. The minimum atomic E-state index is -0.222. The molecule has 2 rings (SSSR count). The van der Waals surface area contributed by atoms with E-state index in [1.165, 1.54) is 6.07 Å². The monoisotopic (exact) mass is 197 g/mol. The minimum Gasteiger partial charge on any atom is -0.398 e. The Labute approximate surface area is 81.8 Å². The van der Waals surface area contributed by atoms with Crippen molar-refractivity contribution < 1.29 is 4.39 Å². The van der Waals surface area contributed by atoms with E-state index in [1.54, 1.807) is 18.2 Å². The number of nitrogens with two attached hydrogens (primary N) is 1. The highest BCUT2D eigenvalue weighted by atomic mass is 35.5. The zero-order valence-corrected chi connectivity index (χ0v) is 7.64. The smallest absolute Gasteiger partial charge is 0.131 e. The molecule has 1 nitrogen and oxygen atoms in total. The molecule has 3 heteroatoms. The summed E-state index contributed by atoms with van der Waals surface area (Å²) in [5, 5.41) is 1.36. The molecule has 2 aromatic carbocycles. The van der Waals surface area contributed by atoms with E-state index in [0.717, 1.165) is 5.39 Å². The van der Waals surface area contributed by atoms with E-state index in [9.17, 15) is 4.39 Å². The first-order valence-electron chi connectivity index (χ1n) is 3.72. The Hall–Kier alpha value is -1.28. The van der Waals surface area contributed by atoms with Crippen LogP contribution in [0.25, 0.3) is 10.8 Å². The van der Waals surface area contributed by atoms with Gasteiger partial charge >= 0.3 is 0 Å². The molecule has 0 spiro atoms. The van der Waals surface area contributed by atoms with Crippen LogP contribution in [-0.4, -0.2) is 0 Å². The van der Waals surface area contributed by atoms with Crippen molar-refractivity contribution >= 4 is 28.9 Å². The van der Waals surface area contributed by atoms with Crippen LogP contribution in [0.15, 0.2) is 36.4 Å². The maximum absolute atomic E-state index is 13.1. The first-order chi connectivity index (χ1) is 5.79. The molecule has 0 saturated heterocycles. The highest BCUT2D eigenvalue weighted by Gasteiger charge is 2.00. The van der Waals surface area contributed by atoms with Crippen molar-refractivity contribution in [1.82, 2.24) is 0 Å². The molecule has 0 fully saturated rings. The van der Waals surface area contributed by atoms with Crippen LogP contribution in [-0.2, 0) is 0 Å². The Balaban J connectivity index is 0.000000845. The topological polar surface area (TPSA) is 26.0 Å². The normalized spacial score (nSPS) is 9.62. The molecule has 13 heavy (non-hydrogen) atoms. The molecule has 0 aliphatic heterocycles. The van der Waals surface area contributed by atoms with Crippen molar-refractivity contribution in [2.45, 2.75) is 0 Å². The van der Waals surface area contributed by atoms with E-state index in [1.807, 2.05) is 12.1 Å². The first kappa shape index (κ1) is 9.81. The van der Waals surface area contributed by atoms with Gasteiger partial charge in [-0.05, 0) is 12.1 Å². The van der Waals surface area contributed by atoms with Gasteiger partial charge in [0.15, 0.2) is 0 Å². The van der Waals surface area contributed by atoms with Gasteiger partial charge in [0, 0.05) is 16.5 Å². The number of rotatable bonds is 0. The Morgan fingerprint density at radius 2 is 1.54 bits per heavy atom. The lowest BCUT2D eigenvalue weighted by Gasteiger charge is -2.01. The predicted octanol–water partition coefficient (Wildman–Crippen LogP) is 2.98. The molecule has 2 N–H and O–H groups in total. The zero-order valence-electron chi connectivity index (χ0n) is 6.83. The number of anilines is 1. The van der Waals surface area contributed by atoms with Crippen molar-refractivity contribution in [3.05, 3.63) is 42.2 Å². The van der Waals surface area contributed by atoms with Gasteiger partial charge < -0.3 is 5.73 Å². The van der Waals surface area contributed by atoms with E-state index in [0.29, 0.717) is 11.1 Å². The second-order valence-electron chi connectivity index (χ2n) is 2.68. The number of hydrogen-bond donors (Lipinski definition) is 1. The molecule has 0 bridgehead atoms. The zero-order chi connectivity index (χ0) is 8.55. The average Bonchev–Trinajstić information content (AvgIpc) is 2.12. The summed E-state index contributed by atoms with van der Waals surface area (Å²) in [7, 11) is 0. The third-order valence-corrected chi connectivity index (χ3v) is 1.90. The molecule has 0 atom stereocenters. The summed E-state index contributed by atoms with van der Waals surface area (Å²) in [6.45, 7) is 0. The van der Waals surface area contributed by atoms with E-state index in [4.69, 9.17) is 5.73 Å². The lowest BCUT2D eigenvalue weighted by Crippen LogP contribution is -1.88. The van der Waals surface area contributed by atoms with Gasteiger partial charge in [0.05, 0.1) is 0 Å². The van der Waals surface area contributed by atoms with Gasteiger partial charge in [0.1, 0.15) is 5.82 Å². The summed E-state index contributed by atoms with van der Waals surface area (Å²) < 4.78 is 13.1. The molecule has 0 saturated carbocycles. The fraction of sp³-hybridized carbons (Fsp3) is 0. The summed E-state index contributed by atoms with van der Waals surface area (Å²) >= 11 is 0. The van der Waals surface area contributed by atoms with E-state index in [2.05, 4.69) is 0 Å². The van der Waals surface area contributed by atoms with Crippen molar-refractivity contribution in [3.63, 3.8) is 0 Å². The molecule has 0 aromatic heterocycles. The Morgan fingerprint density at radius 1 is 0.923 bits per heavy atom. The quantitative estimate of drug-likeness (QED) is 0.646. The van der Waals surface area contributed by atoms with Gasteiger partial charge in [-0.1, -0.05) is 24.3 Å². The highest BCUT2D eigenvalue weighted by molar-refractivity contribution is 5.93. The summed E-state index contributed by atoms with van der Waals surface area (Å²) in [5.41, 5.74) is 6.28. The van der Waals surface area contributed by atoms with Crippen molar-refractivity contribution in [1.29, 1.82) is 0 Å². The van der Waals surface area contributed by atoms with E-state index in [-0.39, 0.29) is 18.2 Å². The maximum atomic E-state index is 13.1. The third-order valence-electron chi connectivity index (χ3n) is 1.90. The van der Waals surface area contributed by atoms with Gasteiger partial charge in [-0.15, -0.1) is 12.4 Å². The largest absolute Gasteiger partial charge is 0.398 e. The average molecular weight is 198 g/mol. The van der Waals surface area contributed by atoms with Gasteiger partial charge in [-0.3, -0.25) is 0 Å². The Morgan fingerprint density at radius 3 is 2.15 bits per heavy atom. The third kappa shape index (κ3) is 1.58. The highest BCUT2D eigenvalue weighted by Crippen LogP contribution is 2.22. The maximum Gasteiger partial charge on any atom is 0.131 e. The molecule has 0 aliphatic carbocycles. The number of halogens is 2. The van der Waals surface area contributed by atoms with E-state index < -0.39 is 0 Å². The van der Waals surface area contributed by atoms with Crippen LogP contribution in [0.3, 0.4) is 0 Å². The van der Waals surface area contributed by atoms with Gasteiger partial charge in [0.2, 0.25) is 0 Å². The lowest BCUT2D eigenvalue weighted by atomic mass is 10.1. The predicted molar refractivity (Wildman–Crippen MR) is 55.6 cm³/mol. The van der Waals surface area contributed by atoms with Crippen LogP contribution in [0.4, 0.5) is 10.1 Å². The van der Waals surface area contributed by atoms with Crippen LogP contribution < -0.4 is 5.73 Å². The second kappa shape index (κ2) is 3.62. The van der Waals surface area contributed by atoms with Crippen molar-refractivity contribution in [2.24, 2.45) is 0 Å². The van der Waals surface area contributed by atoms with E-state index >= 15 is 0 Å². The molecular weight excluding hydrogens is 189 g/mol. The second-order valence-corrected chi connectivity index (χ2v) is 2.68. The number of fused-ring (bicyclic) bond motifs is 1. The SMILES string of the molecule is Cl.Nc1ccc(F)c2ccccc12. The number of hydrogen-bond acceptors (Lipinski definition) is 1. The molecular formula is C10H9ClFN. The molecule has 0 aliphatic rings. The van der Waals surface area contributed by atoms with Gasteiger partial charge in [0.25, 0.3) is 0 Å². The van der Waals surface area contributed by atoms with Crippen LogP contribution in [0, 0.1) is 5.82 Å². The fourth-order valence-corrected chi connectivity index (χ4v) is 1.29. The Bertz CT molecular complexity index is 388. The van der Waals surface area contributed by atoms with Crippen molar-refractivity contribution in [2.75, 3.05) is 5.73 Å². The number of nitrogen functional groups attached to an aromatic ring is 1. The fourth-order valence-electron chi connectivity index (χ4n) is 1.29. The molecule has 0 amide bonds. The van der Waals surface area contributed by atoms with Crippen LogP contribution in [0.5, 0.6) is 0 Å². The van der Waals surface area contributed by atoms with Crippen LogP contribution >= 0.6 is 12.4 Å². The molecule has 2 aromatic rings. The molecule has 0 heterocycles. The first-order valence-corrected chi connectivity index (χ1v) is 3.72. The minimum absolute atomic E-state index is 0. The van der Waals surface area contributed by atoms with Gasteiger partial charge in [-0.25, -0.2) is 4.39 Å².